The molecule has 1 saturated heterocycles. The fourth-order valence-corrected chi connectivity index (χ4v) is 2.95. The molecule has 2 heterocycles. The zero-order chi connectivity index (χ0) is 15.2. The van der Waals surface area contributed by atoms with E-state index in [2.05, 4.69) is 17.4 Å². The van der Waals surface area contributed by atoms with Crippen molar-refractivity contribution in [1.82, 2.24) is 15.4 Å². The number of nitrogens with zero attached hydrogens (tertiary/aromatic N) is 2. The van der Waals surface area contributed by atoms with Crippen LogP contribution in [-0.4, -0.2) is 41.6 Å². The standard InChI is InChI=1S/C16H27N3O2/c1-4-9-19(11-14-7-5-6-8-17-14)16(20)10-15-12(2)18-21-13(15)3/h14,17H,4-11H2,1-3H3. The van der Waals surface area contributed by atoms with Gasteiger partial charge in [0.1, 0.15) is 5.76 Å². The Labute approximate surface area is 127 Å². The zero-order valence-electron chi connectivity index (χ0n) is 13.4. The summed E-state index contributed by atoms with van der Waals surface area (Å²) in [6.45, 7) is 8.59. The average Bonchev–Trinajstić information content (AvgIpc) is 2.80. The van der Waals surface area contributed by atoms with E-state index in [9.17, 15) is 4.79 Å². The minimum Gasteiger partial charge on any atom is -0.361 e. The van der Waals surface area contributed by atoms with Gasteiger partial charge in [-0.05, 0) is 39.7 Å². The van der Waals surface area contributed by atoms with Crippen LogP contribution in [0.4, 0.5) is 0 Å². The molecule has 21 heavy (non-hydrogen) atoms. The number of hydrogen-bond acceptors (Lipinski definition) is 4. The van der Waals surface area contributed by atoms with Crippen LogP contribution in [0.1, 0.15) is 49.6 Å². The average molecular weight is 293 g/mol. The summed E-state index contributed by atoms with van der Waals surface area (Å²) in [5.74, 6) is 0.937. The summed E-state index contributed by atoms with van der Waals surface area (Å²) in [7, 11) is 0. The van der Waals surface area contributed by atoms with Gasteiger partial charge in [-0.1, -0.05) is 18.5 Å². The number of amides is 1. The molecule has 2 rings (SSSR count). The predicted octanol–water partition coefficient (Wildman–Crippen LogP) is 2.21. The van der Waals surface area contributed by atoms with Crippen LogP contribution >= 0.6 is 0 Å². The second-order valence-electron chi connectivity index (χ2n) is 5.97. The molecule has 1 atom stereocenters. The summed E-state index contributed by atoms with van der Waals surface area (Å²) in [5, 5.41) is 7.45. The van der Waals surface area contributed by atoms with Crippen molar-refractivity contribution in [3.05, 3.63) is 17.0 Å². The van der Waals surface area contributed by atoms with Crippen molar-refractivity contribution < 1.29 is 9.32 Å². The Morgan fingerprint density at radius 3 is 2.81 bits per heavy atom. The third kappa shape index (κ3) is 4.30. The minimum absolute atomic E-state index is 0.179. The van der Waals surface area contributed by atoms with Gasteiger partial charge in [-0.3, -0.25) is 4.79 Å². The summed E-state index contributed by atoms with van der Waals surface area (Å²) in [6.07, 6.45) is 5.06. The van der Waals surface area contributed by atoms with Crippen LogP contribution in [0.25, 0.3) is 0 Å². The molecule has 1 aliphatic heterocycles. The van der Waals surface area contributed by atoms with Crippen molar-refractivity contribution in [2.45, 2.75) is 58.9 Å². The molecule has 1 aliphatic rings. The normalized spacial score (nSPS) is 18.7. The highest BCUT2D eigenvalue weighted by Crippen LogP contribution is 2.15. The van der Waals surface area contributed by atoms with Gasteiger partial charge in [0.2, 0.25) is 5.91 Å². The van der Waals surface area contributed by atoms with E-state index in [0.717, 1.165) is 43.1 Å². The fraction of sp³-hybridized carbons (Fsp3) is 0.750. The van der Waals surface area contributed by atoms with E-state index < -0.39 is 0 Å². The number of carbonyl (C=O) groups excluding carboxylic acids is 1. The van der Waals surface area contributed by atoms with Gasteiger partial charge in [0, 0.05) is 24.7 Å². The number of hydrogen-bond donors (Lipinski definition) is 1. The highest BCUT2D eigenvalue weighted by atomic mass is 16.5. The SMILES string of the molecule is CCCN(CC1CCCCN1)C(=O)Cc1c(C)noc1C. The lowest BCUT2D eigenvalue weighted by atomic mass is 10.0. The monoisotopic (exact) mass is 293 g/mol. The molecular weight excluding hydrogens is 266 g/mol. The maximum atomic E-state index is 12.6. The van der Waals surface area contributed by atoms with E-state index in [1.807, 2.05) is 18.7 Å². The number of piperidine rings is 1. The summed E-state index contributed by atoms with van der Waals surface area (Å²) >= 11 is 0. The Hall–Kier alpha value is -1.36. The first kappa shape index (κ1) is 16.0. The topological polar surface area (TPSA) is 58.4 Å². The molecule has 5 nitrogen and oxygen atoms in total. The maximum Gasteiger partial charge on any atom is 0.227 e. The van der Waals surface area contributed by atoms with Gasteiger partial charge in [0.15, 0.2) is 0 Å². The van der Waals surface area contributed by atoms with Crippen molar-refractivity contribution in [2.24, 2.45) is 0 Å². The van der Waals surface area contributed by atoms with Crippen LogP contribution in [0.15, 0.2) is 4.52 Å². The van der Waals surface area contributed by atoms with E-state index >= 15 is 0 Å². The van der Waals surface area contributed by atoms with Crippen molar-refractivity contribution in [3.8, 4) is 0 Å². The van der Waals surface area contributed by atoms with Gasteiger partial charge in [-0.25, -0.2) is 0 Å². The molecule has 1 aromatic rings. The molecule has 1 N–H and O–H groups in total. The summed E-state index contributed by atoms with van der Waals surface area (Å²) in [6, 6.07) is 0.443. The van der Waals surface area contributed by atoms with Crippen LogP contribution in [0, 0.1) is 13.8 Å². The quantitative estimate of drug-likeness (QED) is 0.873. The largest absolute Gasteiger partial charge is 0.361 e. The van der Waals surface area contributed by atoms with Crippen LogP contribution in [0.2, 0.25) is 0 Å². The number of carbonyl (C=O) groups is 1. The number of aromatic nitrogens is 1. The molecule has 0 radical (unpaired) electrons. The van der Waals surface area contributed by atoms with E-state index in [0.29, 0.717) is 12.5 Å². The summed E-state index contributed by atoms with van der Waals surface area (Å²) in [4.78, 5) is 14.6. The molecule has 1 amide bonds. The highest BCUT2D eigenvalue weighted by Gasteiger charge is 2.22. The Balaban J connectivity index is 1.97. The Bertz CT molecular complexity index is 445. The van der Waals surface area contributed by atoms with Crippen LogP contribution < -0.4 is 5.32 Å². The molecule has 1 unspecified atom stereocenters. The Morgan fingerprint density at radius 2 is 2.24 bits per heavy atom. The Kier molecular flexibility index (Phi) is 5.79. The molecule has 0 aliphatic carbocycles. The first-order chi connectivity index (χ1) is 10.1. The smallest absolute Gasteiger partial charge is 0.227 e. The van der Waals surface area contributed by atoms with Crippen LogP contribution in [-0.2, 0) is 11.2 Å². The van der Waals surface area contributed by atoms with E-state index in [1.165, 1.54) is 19.3 Å². The van der Waals surface area contributed by atoms with Gasteiger partial charge < -0.3 is 14.7 Å². The van der Waals surface area contributed by atoms with E-state index in [-0.39, 0.29) is 5.91 Å². The Morgan fingerprint density at radius 1 is 1.43 bits per heavy atom. The van der Waals surface area contributed by atoms with Crippen molar-refractivity contribution in [1.29, 1.82) is 0 Å². The zero-order valence-corrected chi connectivity index (χ0v) is 13.4. The minimum atomic E-state index is 0.179. The van der Waals surface area contributed by atoms with E-state index in [4.69, 9.17) is 4.52 Å². The number of aryl methyl sites for hydroxylation is 2. The fourth-order valence-electron chi connectivity index (χ4n) is 2.95. The molecule has 0 spiro atoms. The molecule has 0 aromatic carbocycles. The van der Waals surface area contributed by atoms with Gasteiger partial charge in [-0.2, -0.15) is 0 Å². The van der Waals surface area contributed by atoms with Crippen molar-refractivity contribution >= 4 is 5.91 Å². The molecule has 118 valence electrons. The van der Waals surface area contributed by atoms with Crippen molar-refractivity contribution in [3.63, 3.8) is 0 Å². The highest BCUT2D eigenvalue weighted by molar-refractivity contribution is 5.79. The number of nitrogens with one attached hydrogen (secondary N) is 1. The molecule has 0 saturated carbocycles. The van der Waals surface area contributed by atoms with Gasteiger partial charge >= 0.3 is 0 Å². The second kappa shape index (κ2) is 7.59. The molecule has 1 fully saturated rings. The van der Waals surface area contributed by atoms with Crippen LogP contribution in [0.5, 0.6) is 0 Å². The first-order valence-corrected chi connectivity index (χ1v) is 8.04. The summed E-state index contributed by atoms with van der Waals surface area (Å²) < 4.78 is 5.15. The van der Waals surface area contributed by atoms with Gasteiger partial charge in [0.05, 0.1) is 12.1 Å². The van der Waals surface area contributed by atoms with Crippen molar-refractivity contribution in [2.75, 3.05) is 19.6 Å². The van der Waals surface area contributed by atoms with Crippen LogP contribution in [0.3, 0.4) is 0 Å². The first-order valence-electron chi connectivity index (χ1n) is 8.04. The third-order valence-corrected chi connectivity index (χ3v) is 4.21. The molecule has 5 heteroatoms. The molecule has 1 aromatic heterocycles. The predicted molar refractivity (Wildman–Crippen MR) is 82.2 cm³/mol. The van der Waals surface area contributed by atoms with E-state index in [1.54, 1.807) is 0 Å². The lowest BCUT2D eigenvalue weighted by molar-refractivity contribution is -0.131. The third-order valence-electron chi connectivity index (χ3n) is 4.21. The lowest BCUT2D eigenvalue weighted by Crippen LogP contribution is -2.46. The second-order valence-corrected chi connectivity index (χ2v) is 5.97. The maximum absolute atomic E-state index is 12.6. The molecular formula is C16H27N3O2. The summed E-state index contributed by atoms with van der Waals surface area (Å²) in [5.41, 5.74) is 1.77. The van der Waals surface area contributed by atoms with Gasteiger partial charge in [-0.15, -0.1) is 0 Å². The number of rotatable bonds is 6. The lowest BCUT2D eigenvalue weighted by Gasteiger charge is -2.30. The molecule has 0 bridgehead atoms. The van der Waals surface area contributed by atoms with Gasteiger partial charge in [0.25, 0.3) is 0 Å².